The van der Waals surface area contributed by atoms with Crippen molar-refractivity contribution in [2.45, 2.75) is 26.7 Å². The Morgan fingerprint density at radius 1 is 1.50 bits per heavy atom. The maximum atomic E-state index is 13.4. The van der Waals surface area contributed by atoms with E-state index in [4.69, 9.17) is 0 Å². The van der Waals surface area contributed by atoms with Gasteiger partial charge in [0.2, 0.25) is 0 Å². The van der Waals surface area contributed by atoms with Gasteiger partial charge in [0.15, 0.2) is 5.78 Å². The van der Waals surface area contributed by atoms with Gasteiger partial charge in [-0.25, -0.2) is 4.39 Å². The van der Waals surface area contributed by atoms with Crippen molar-refractivity contribution < 1.29 is 9.18 Å². The highest BCUT2D eigenvalue weighted by Crippen LogP contribution is 2.17. The van der Waals surface area contributed by atoms with Gasteiger partial charge >= 0.3 is 0 Å². The second-order valence-corrected chi connectivity index (χ2v) is 4.42. The third kappa shape index (κ3) is 3.27. The van der Waals surface area contributed by atoms with Gasteiger partial charge in [-0.15, -0.1) is 0 Å². The number of rotatable bonds is 4. The van der Waals surface area contributed by atoms with Gasteiger partial charge in [0.25, 0.3) is 0 Å². The van der Waals surface area contributed by atoms with Crippen LogP contribution in [0.5, 0.6) is 0 Å². The summed E-state index contributed by atoms with van der Waals surface area (Å²) in [5.41, 5.74) is 1.19. The predicted molar refractivity (Wildman–Crippen MR) is 66.9 cm³/mol. The zero-order valence-corrected chi connectivity index (χ0v) is 11.0. The maximum absolute atomic E-state index is 13.4. The highest BCUT2D eigenvalue weighted by molar-refractivity contribution is 9.10. The molecule has 0 heterocycles. The molecule has 0 aromatic heterocycles. The fourth-order valence-corrected chi connectivity index (χ4v) is 1.94. The topological polar surface area (TPSA) is 17.1 Å². The molecule has 0 unspecified atom stereocenters. The van der Waals surface area contributed by atoms with Gasteiger partial charge in [-0.05, 0) is 42.7 Å². The summed E-state index contributed by atoms with van der Waals surface area (Å²) >= 11 is 3.26. The molecule has 0 N–H and O–H groups in total. The number of Topliss-reactive ketones (excluding diaryl/α,β-unsaturated/α-hetero) is 1. The lowest BCUT2D eigenvalue weighted by atomic mass is 10.0. The second kappa shape index (κ2) is 5.94. The van der Waals surface area contributed by atoms with Gasteiger partial charge in [-0.2, -0.15) is 0 Å². The molecule has 0 saturated carbocycles. The van der Waals surface area contributed by atoms with Crippen molar-refractivity contribution in [3.63, 3.8) is 0 Å². The number of halogens is 2. The number of carbonyl (C=O) groups is 1. The van der Waals surface area contributed by atoms with Crippen molar-refractivity contribution in [3.05, 3.63) is 45.7 Å². The Morgan fingerprint density at radius 3 is 2.75 bits per heavy atom. The Labute approximate surface area is 103 Å². The Hall–Kier alpha value is -0.960. The van der Waals surface area contributed by atoms with Crippen LogP contribution < -0.4 is 0 Å². The Morgan fingerprint density at radius 2 is 2.19 bits per heavy atom. The molecule has 0 aliphatic heterocycles. The minimum Gasteiger partial charge on any atom is -0.294 e. The minimum atomic E-state index is -0.330. The largest absolute Gasteiger partial charge is 0.294 e. The number of ketones is 1. The minimum absolute atomic E-state index is 0.0120. The lowest BCUT2D eigenvalue weighted by molar-refractivity contribution is -0.115. The molecule has 3 heteroatoms. The molecule has 0 radical (unpaired) electrons. The molecule has 16 heavy (non-hydrogen) atoms. The molecule has 1 rings (SSSR count). The van der Waals surface area contributed by atoms with Crippen LogP contribution in [-0.4, -0.2) is 5.78 Å². The quantitative estimate of drug-likeness (QED) is 0.762. The molecule has 0 spiro atoms. The van der Waals surface area contributed by atoms with Gasteiger partial charge in [0.1, 0.15) is 5.82 Å². The summed E-state index contributed by atoms with van der Waals surface area (Å²) < 4.78 is 14.2. The SMILES string of the molecule is C/C=C(/CC)C(=O)Cc1cc(Br)ccc1F. The Balaban J connectivity index is 2.88. The lowest BCUT2D eigenvalue weighted by Crippen LogP contribution is -2.07. The van der Waals surface area contributed by atoms with E-state index in [9.17, 15) is 9.18 Å². The summed E-state index contributed by atoms with van der Waals surface area (Å²) in [5, 5.41) is 0. The zero-order valence-electron chi connectivity index (χ0n) is 9.39. The first kappa shape index (κ1) is 13.1. The third-order valence-electron chi connectivity index (χ3n) is 2.45. The first-order chi connectivity index (χ1) is 7.58. The summed E-state index contributed by atoms with van der Waals surface area (Å²) in [6, 6.07) is 4.64. The highest BCUT2D eigenvalue weighted by atomic mass is 79.9. The van der Waals surface area contributed by atoms with Crippen LogP contribution in [0.4, 0.5) is 4.39 Å². The van der Waals surface area contributed by atoms with Crippen molar-refractivity contribution >= 4 is 21.7 Å². The number of hydrogen-bond donors (Lipinski definition) is 0. The molecule has 1 aromatic carbocycles. The molecule has 0 aliphatic rings. The van der Waals surface area contributed by atoms with Crippen LogP contribution in [0.2, 0.25) is 0 Å². The normalized spacial score (nSPS) is 11.6. The first-order valence-electron chi connectivity index (χ1n) is 5.20. The summed E-state index contributed by atoms with van der Waals surface area (Å²) in [6.07, 6.45) is 2.60. The van der Waals surface area contributed by atoms with E-state index in [1.807, 2.05) is 13.8 Å². The molecular formula is C13H14BrFO. The average molecular weight is 285 g/mol. The molecule has 0 aliphatic carbocycles. The molecule has 1 aromatic rings. The molecule has 1 nitrogen and oxygen atoms in total. The van der Waals surface area contributed by atoms with Gasteiger partial charge in [-0.3, -0.25) is 4.79 Å². The van der Waals surface area contributed by atoms with E-state index in [0.29, 0.717) is 12.0 Å². The van der Waals surface area contributed by atoms with Crippen LogP contribution in [0.3, 0.4) is 0 Å². The van der Waals surface area contributed by atoms with E-state index >= 15 is 0 Å². The monoisotopic (exact) mass is 284 g/mol. The van der Waals surface area contributed by atoms with Crippen LogP contribution in [0, 0.1) is 5.82 Å². The number of benzene rings is 1. The van der Waals surface area contributed by atoms with Crippen LogP contribution in [0.1, 0.15) is 25.8 Å². The van der Waals surface area contributed by atoms with E-state index in [1.165, 1.54) is 6.07 Å². The van der Waals surface area contributed by atoms with Crippen molar-refractivity contribution in [3.8, 4) is 0 Å². The van der Waals surface area contributed by atoms with Gasteiger partial charge in [0, 0.05) is 10.9 Å². The average Bonchev–Trinajstić information content (AvgIpc) is 2.25. The number of carbonyl (C=O) groups excluding carboxylic acids is 1. The molecule has 86 valence electrons. The van der Waals surface area contributed by atoms with E-state index in [0.717, 1.165) is 10.0 Å². The molecule has 0 bridgehead atoms. The van der Waals surface area contributed by atoms with Crippen LogP contribution in [0.25, 0.3) is 0 Å². The number of allylic oxidation sites excluding steroid dienone is 2. The molecule has 0 fully saturated rings. The predicted octanol–water partition coefficient (Wildman–Crippen LogP) is 4.06. The number of hydrogen-bond acceptors (Lipinski definition) is 1. The van der Waals surface area contributed by atoms with Gasteiger partial charge in [-0.1, -0.05) is 28.9 Å². The van der Waals surface area contributed by atoms with E-state index in [-0.39, 0.29) is 18.0 Å². The van der Waals surface area contributed by atoms with E-state index in [2.05, 4.69) is 15.9 Å². The standard InChI is InChI=1S/C13H14BrFO/c1-3-9(4-2)13(16)8-10-7-11(14)5-6-12(10)15/h3,5-7H,4,8H2,1-2H3/b9-3-. The van der Waals surface area contributed by atoms with E-state index < -0.39 is 0 Å². The first-order valence-corrected chi connectivity index (χ1v) is 6.00. The molecule has 0 atom stereocenters. The smallest absolute Gasteiger partial charge is 0.162 e. The maximum Gasteiger partial charge on any atom is 0.162 e. The van der Waals surface area contributed by atoms with Crippen LogP contribution in [-0.2, 0) is 11.2 Å². The van der Waals surface area contributed by atoms with E-state index in [1.54, 1.807) is 18.2 Å². The van der Waals surface area contributed by atoms with Crippen molar-refractivity contribution in [1.29, 1.82) is 0 Å². The van der Waals surface area contributed by atoms with Crippen molar-refractivity contribution in [1.82, 2.24) is 0 Å². The van der Waals surface area contributed by atoms with Crippen LogP contribution in [0.15, 0.2) is 34.3 Å². The Kier molecular flexibility index (Phi) is 4.87. The highest BCUT2D eigenvalue weighted by Gasteiger charge is 2.11. The summed E-state index contributed by atoms with van der Waals surface area (Å²) in [4.78, 5) is 11.8. The van der Waals surface area contributed by atoms with Crippen molar-refractivity contribution in [2.24, 2.45) is 0 Å². The fraction of sp³-hybridized carbons (Fsp3) is 0.308. The molecule has 0 saturated heterocycles. The van der Waals surface area contributed by atoms with Crippen LogP contribution >= 0.6 is 15.9 Å². The second-order valence-electron chi connectivity index (χ2n) is 3.50. The third-order valence-corrected chi connectivity index (χ3v) is 2.94. The molecule has 0 amide bonds. The lowest BCUT2D eigenvalue weighted by Gasteiger charge is -2.05. The van der Waals surface area contributed by atoms with Crippen molar-refractivity contribution in [2.75, 3.05) is 0 Å². The summed E-state index contributed by atoms with van der Waals surface area (Å²) in [7, 11) is 0. The molecular weight excluding hydrogens is 271 g/mol. The van der Waals surface area contributed by atoms with Gasteiger partial charge in [0.05, 0.1) is 0 Å². The Bertz CT molecular complexity index is 424. The summed E-state index contributed by atoms with van der Waals surface area (Å²) in [5.74, 6) is -0.342. The zero-order chi connectivity index (χ0) is 12.1. The summed E-state index contributed by atoms with van der Waals surface area (Å²) in [6.45, 7) is 3.75. The fourth-order valence-electron chi connectivity index (χ4n) is 1.53. The van der Waals surface area contributed by atoms with Gasteiger partial charge < -0.3 is 0 Å².